The molecule has 1 heterocycles. The third-order valence-corrected chi connectivity index (χ3v) is 5.10. The topological polar surface area (TPSA) is 55.8 Å². The van der Waals surface area contributed by atoms with Crippen LogP contribution in [0.3, 0.4) is 0 Å². The molecule has 0 N–H and O–H groups in total. The van der Waals surface area contributed by atoms with E-state index in [1.165, 1.54) is 13.2 Å². The first-order valence-electron chi connectivity index (χ1n) is 9.25. The summed E-state index contributed by atoms with van der Waals surface area (Å²) in [6, 6.07) is 12.0. The Kier molecular flexibility index (Phi) is 4.86. The van der Waals surface area contributed by atoms with Crippen molar-refractivity contribution in [3.05, 3.63) is 65.0 Å². The molecule has 5 nitrogen and oxygen atoms in total. The summed E-state index contributed by atoms with van der Waals surface area (Å²) in [5.74, 6) is -1.09. The maximum Gasteiger partial charge on any atom is 0.261 e. The van der Waals surface area contributed by atoms with Crippen LogP contribution in [-0.2, 0) is 16.2 Å². The zero-order valence-electron chi connectivity index (χ0n) is 15.5. The van der Waals surface area contributed by atoms with E-state index in [-0.39, 0.29) is 23.8 Å². The van der Waals surface area contributed by atoms with Gasteiger partial charge in [0.05, 0.1) is 12.8 Å². The minimum Gasteiger partial charge on any atom is -0.493 e. The number of anilines is 1. The lowest BCUT2D eigenvalue weighted by atomic mass is 9.93. The number of carbonyl (C=O) groups is 2. The minimum atomic E-state index is -0.703. The monoisotopic (exact) mass is 381 g/mol. The van der Waals surface area contributed by atoms with Crippen molar-refractivity contribution in [2.24, 2.45) is 0 Å². The van der Waals surface area contributed by atoms with Gasteiger partial charge in [-0.05, 0) is 31.2 Å². The quantitative estimate of drug-likeness (QED) is 0.730. The number of ether oxygens (including phenoxy) is 2. The third kappa shape index (κ3) is 3.15. The zero-order chi connectivity index (χ0) is 19.7. The van der Waals surface area contributed by atoms with Crippen LogP contribution in [0.4, 0.5) is 10.1 Å². The molecule has 0 unspecified atom stereocenters. The molecule has 0 bridgehead atoms. The van der Waals surface area contributed by atoms with Gasteiger partial charge < -0.3 is 9.47 Å². The van der Waals surface area contributed by atoms with E-state index in [1.54, 1.807) is 0 Å². The van der Waals surface area contributed by atoms with Gasteiger partial charge in [-0.1, -0.05) is 30.3 Å². The van der Waals surface area contributed by atoms with Crippen molar-refractivity contribution in [2.45, 2.75) is 32.3 Å². The van der Waals surface area contributed by atoms with Crippen molar-refractivity contribution < 1.29 is 23.5 Å². The van der Waals surface area contributed by atoms with E-state index in [1.807, 2.05) is 30.3 Å². The number of hydrogen-bond acceptors (Lipinski definition) is 4. The molecular weight excluding hydrogens is 361 g/mol. The molecule has 28 heavy (non-hydrogen) atoms. The Labute approximate surface area is 162 Å². The van der Waals surface area contributed by atoms with Crippen LogP contribution in [0.2, 0.25) is 0 Å². The molecule has 0 saturated heterocycles. The predicted octanol–water partition coefficient (Wildman–Crippen LogP) is 4.16. The van der Waals surface area contributed by atoms with Crippen molar-refractivity contribution in [3.63, 3.8) is 0 Å². The first-order valence-corrected chi connectivity index (χ1v) is 9.25. The molecule has 1 aliphatic heterocycles. The van der Waals surface area contributed by atoms with Gasteiger partial charge in [-0.2, -0.15) is 0 Å². The summed E-state index contributed by atoms with van der Waals surface area (Å²) in [5, 5.41) is 0. The molecule has 4 rings (SSSR count). The third-order valence-electron chi connectivity index (χ3n) is 5.10. The van der Waals surface area contributed by atoms with E-state index in [2.05, 4.69) is 0 Å². The molecule has 0 atom stereocenters. The van der Waals surface area contributed by atoms with Gasteiger partial charge in [0.1, 0.15) is 6.61 Å². The molecule has 2 aromatic rings. The summed E-state index contributed by atoms with van der Waals surface area (Å²) in [6.45, 7) is 0.243. The van der Waals surface area contributed by atoms with Crippen LogP contribution in [0.5, 0.6) is 11.5 Å². The molecular formula is C22H20FNO4. The molecule has 6 heteroatoms. The van der Waals surface area contributed by atoms with Gasteiger partial charge in [0.15, 0.2) is 17.3 Å². The Morgan fingerprint density at radius 2 is 1.61 bits per heavy atom. The average molecular weight is 381 g/mol. The predicted molar refractivity (Wildman–Crippen MR) is 102 cm³/mol. The molecule has 0 aromatic heterocycles. The van der Waals surface area contributed by atoms with Gasteiger partial charge >= 0.3 is 0 Å². The second-order valence-corrected chi connectivity index (χ2v) is 6.84. The van der Waals surface area contributed by atoms with Crippen LogP contribution >= 0.6 is 0 Å². The SMILES string of the molecule is COc1cc(N2C(=O)C3=C(CCCC3)C2=O)c(F)cc1OCc1ccccc1. The van der Waals surface area contributed by atoms with Gasteiger partial charge in [-0.15, -0.1) is 0 Å². The second-order valence-electron chi connectivity index (χ2n) is 6.84. The molecule has 0 fully saturated rings. The Balaban J connectivity index is 1.62. The number of nitrogens with zero attached hydrogens (tertiary/aromatic N) is 1. The number of hydrogen-bond donors (Lipinski definition) is 0. The molecule has 2 amide bonds. The number of imide groups is 1. The first kappa shape index (κ1) is 18.2. The Hall–Kier alpha value is -3.15. The summed E-state index contributed by atoms with van der Waals surface area (Å²) >= 11 is 0. The molecule has 144 valence electrons. The lowest BCUT2D eigenvalue weighted by molar-refractivity contribution is -0.120. The largest absolute Gasteiger partial charge is 0.493 e. The Morgan fingerprint density at radius 1 is 0.964 bits per heavy atom. The average Bonchev–Trinajstić information content (AvgIpc) is 2.98. The summed E-state index contributed by atoms with van der Waals surface area (Å²) in [4.78, 5) is 26.3. The van der Waals surface area contributed by atoms with E-state index in [0.29, 0.717) is 24.0 Å². The van der Waals surface area contributed by atoms with Crippen molar-refractivity contribution in [2.75, 3.05) is 12.0 Å². The van der Waals surface area contributed by atoms with Gasteiger partial charge in [0, 0.05) is 23.3 Å². The fourth-order valence-electron chi connectivity index (χ4n) is 3.66. The maximum absolute atomic E-state index is 14.9. The lowest BCUT2D eigenvalue weighted by Crippen LogP contribution is -2.32. The summed E-state index contributed by atoms with van der Waals surface area (Å²) in [6.07, 6.45) is 2.86. The normalized spacial score (nSPS) is 16.4. The van der Waals surface area contributed by atoms with Crippen molar-refractivity contribution in [1.82, 2.24) is 0 Å². The number of amides is 2. The Bertz CT molecular complexity index is 940. The van der Waals surface area contributed by atoms with E-state index < -0.39 is 17.6 Å². The first-order chi connectivity index (χ1) is 13.6. The highest BCUT2D eigenvalue weighted by Gasteiger charge is 2.41. The molecule has 2 aliphatic rings. The van der Waals surface area contributed by atoms with Gasteiger partial charge in [0.25, 0.3) is 11.8 Å². The van der Waals surface area contributed by atoms with Crippen molar-refractivity contribution in [1.29, 1.82) is 0 Å². The van der Waals surface area contributed by atoms with Gasteiger partial charge in [-0.3, -0.25) is 9.59 Å². The molecule has 1 aliphatic carbocycles. The fourth-order valence-corrected chi connectivity index (χ4v) is 3.66. The summed E-state index contributed by atoms with van der Waals surface area (Å²) in [7, 11) is 1.43. The number of benzene rings is 2. The van der Waals surface area contributed by atoms with Gasteiger partial charge in [-0.25, -0.2) is 9.29 Å². The van der Waals surface area contributed by atoms with Crippen LogP contribution in [0.15, 0.2) is 53.6 Å². The zero-order valence-corrected chi connectivity index (χ0v) is 15.5. The number of methoxy groups -OCH3 is 1. The van der Waals surface area contributed by atoms with Crippen LogP contribution in [0.25, 0.3) is 0 Å². The lowest BCUT2D eigenvalue weighted by Gasteiger charge is -2.19. The van der Waals surface area contributed by atoms with Crippen LogP contribution in [0, 0.1) is 5.82 Å². The van der Waals surface area contributed by atoms with E-state index >= 15 is 0 Å². The van der Waals surface area contributed by atoms with Gasteiger partial charge in [0.2, 0.25) is 0 Å². The smallest absolute Gasteiger partial charge is 0.261 e. The second kappa shape index (κ2) is 7.46. The van der Waals surface area contributed by atoms with Crippen molar-refractivity contribution >= 4 is 17.5 Å². The summed E-state index contributed by atoms with van der Waals surface area (Å²) < 4.78 is 25.9. The molecule has 0 radical (unpaired) electrons. The number of carbonyl (C=O) groups excluding carboxylic acids is 2. The number of rotatable bonds is 5. The van der Waals surface area contributed by atoms with E-state index in [9.17, 15) is 14.0 Å². The Morgan fingerprint density at radius 3 is 2.21 bits per heavy atom. The molecule has 2 aromatic carbocycles. The van der Waals surface area contributed by atoms with Crippen LogP contribution in [0.1, 0.15) is 31.2 Å². The van der Waals surface area contributed by atoms with Crippen molar-refractivity contribution in [3.8, 4) is 11.5 Å². The van der Waals surface area contributed by atoms with Crippen LogP contribution < -0.4 is 14.4 Å². The summed E-state index contributed by atoms with van der Waals surface area (Å²) in [5.41, 5.74) is 1.85. The molecule has 0 saturated carbocycles. The maximum atomic E-state index is 14.9. The standard InChI is InChI=1S/C22H20FNO4/c1-27-19-12-18(24-21(25)15-9-5-6-10-16(15)22(24)26)17(23)11-20(19)28-13-14-7-3-2-4-8-14/h2-4,7-8,11-12H,5-6,9-10,13H2,1H3. The molecule has 0 spiro atoms. The highest BCUT2D eigenvalue weighted by atomic mass is 19.1. The van der Waals surface area contributed by atoms with Crippen LogP contribution in [-0.4, -0.2) is 18.9 Å². The van der Waals surface area contributed by atoms with E-state index in [4.69, 9.17) is 9.47 Å². The van der Waals surface area contributed by atoms with E-state index in [0.717, 1.165) is 29.4 Å². The highest BCUT2D eigenvalue weighted by Crippen LogP contribution is 2.40. The fraction of sp³-hybridized carbons (Fsp3) is 0.273. The highest BCUT2D eigenvalue weighted by molar-refractivity contribution is 6.33. The number of halogens is 1. The minimum absolute atomic E-state index is 0.103.